The van der Waals surface area contributed by atoms with E-state index in [2.05, 4.69) is 24.4 Å². The Morgan fingerprint density at radius 2 is 2.35 bits per heavy atom. The summed E-state index contributed by atoms with van der Waals surface area (Å²) in [6, 6.07) is 6.68. The monoisotopic (exact) mass is 234 g/mol. The fraction of sp³-hybridized carbons (Fsp3) is 0.571. The van der Waals surface area contributed by atoms with E-state index in [-0.39, 0.29) is 6.61 Å². The third-order valence-corrected chi connectivity index (χ3v) is 3.58. The molecule has 3 heteroatoms. The van der Waals surface area contributed by atoms with Crippen LogP contribution in [-0.2, 0) is 6.42 Å². The lowest BCUT2D eigenvalue weighted by molar-refractivity contribution is 0.257. The van der Waals surface area contributed by atoms with Gasteiger partial charge in [-0.25, -0.2) is 0 Å². The van der Waals surface area contributed by atoms with E-state index < -0.39 is 0 Å². The van der Waals surface area contributed by atoms with Crippen molar-refractivity contribution in [1.29, 1.82) is 0 Å². The Hall–Kier alpha value is -1.06. The molecule has 1 aliphatic carbocycles. The molecule has 94 valence electrons. The van der Waals surface area contributed by atoms with Crippen LogP contribution in [0.1, 0.15) is 36.9 Å². The van der Waals surface area contributed by atoms with Crippen molar-refractivity contribution >= 4 is 5.69 Å². The lowest BCUT2D eigenvalue weighted by Gasteiger charge is -2.17. The second-order valence-corrected chi connectivity index (χ2v) is 5.08. The molecule has 2 unspecified atom stereocenters. The van der Waals surface area contributed by atoms with Gasteiger partial charge >= 0.3 is 0 Å². The normalized spacial score (nSPS) is 20.2. The first-order valence-electron chi connectivity index (χ1n) is 6.43. The average molecular weight is 234 g/mol. The second-order valence-electron chi connectivity index (χ2n) is 5.08. The third kappa shape index (κ3) is 2.99. The van der Waals surface area contributed by atoms with E-state index in [0.29, 0.717) is 12.0 Å². The maximum atomic E-state index is 8.88. The van der Waals surface area contributed by atoms with Crippen LogP contribution in [0.25, 0.3) is 0 Å². The van der Waals surface area contributed by atoms with E-state index in [1.165, 1.54) is 11.1 Å². The topological polar surface area (TPSA) is 58.3 Å². The predicted octanol–water partition coefficient (Wildman–Crippen LogP) is 1.86. The smallest absolute Gasteiger partial charge is 0.0434 e. The summed E-state index contributed by atoms with van der Waals surface area (Å²) in [5.41, 5.74) is 9.43. The van der Waals surface area contributed by atoms with E-state index in [4.69, 9.17) is 10.8 Å². The maximum absolute atomic E-state index is 8.88. The van der Waals surface area contributed by atoms with Crippen molar-refractivity contribution < 1.29 is 5.11 Å². The van der Waals surface area contributed by atoms with E-state index >= 15 is 0 Å². The Morgan fingerprint density at radius 1 is 1.53 bits per heavy atom. The van der Waals surface area contributed by atoms with Gasteiger partial charge in [-0.3, -0.25) is 0 Å². The molecule has 2 atom stereocenters. The fourth-order valence-corrected chi connectivity index (χ4v) is 2.52. The van der Waals surface area contributed by atoms with Gasteiger partial charge < -0.3 is 16.2 Å². The van der Waals surface area contributed by atoms with Crippen molar-refractivity contribution in [2.45, 2.75) is 32.2 Å². The molecule has 1 aliphatic rings. The molecule has 0 saturated carbocycles. The van der Waals surface area contributed by atoms with E-state index in [1.807, 2.05) is 6.07 Å². The molecule has 0 aromatic heterocycles. The van der Waals surface area contributed by atoms with Crippen LogP contribution in [-0.4, -0.2) is 18.3 Å². The highest BCUT2D eigenvalue weighted by molar-refractivity contribution is 5.47. The maximum Gasteiger partial charge on any atom is 0.0434 e. The third-order valence-electron chi connectivity index (χ3n) is 3.58. The Balaban J connectivity index is 1.93. The van der Waals surface area contributed by atoms with Crippen LogP contribution < -0.4 is 11.1 Å². The van der Waals surface area contributed by atoms with Gasteiger partial charge in [-0.15, -0.1) is 0 Å². The molecule has 0 amide bonds. The Kier molecular flexibility index (Phi) is 4.02. The minimum Gasteiger partial charge on any atom is -0.399 e. The predicted molar refractivity (Wildman–Crippen MR) is 70.8 cm³/mol. The number of aliphatic hydroxyl groups is 1. The number of benzene rings is 1. The Labute approximate surface area is 103 Å². The van der Waals surface area contributed by atoms with Crippen molar-refractivity contribution in [3.8, 4) is 0 Å². The van der Waals surface area contributed by atoms with Gasteiger partial charge in [-0.1, -0.05) is 13.0 Å². The number of anilines is 1. The van der Waals surface area contributed by atoms with Crippen LogP contribution in [0.4, 0.5) is 5.69 Å². The molecular formula is C14H22N2O. The molecule has 1 aromatic carbocycles. The number of rotatable bonds is 5. The summed E-state index contributed by atoms with van der Waals surface area (Å²) in [7, 11) is 0. The zero-order valence-electron chi connectivity index (χ0n) is 10.4. The summed E-state index contributed by atoms with van der Waals surface area (Å²) < 4.78 is 0. The minimum absolute atomic E-state index is 0.278. The van der Waals surface area contributed by atoms with E-state index in [0.717, 1.165) is 31.5 Å². The molecule has 4 N–H and O–H groups in total. The van der Waals surface area contributed by atoms with Crippen molar-refractivity contribution in [2.24, 2.45) is 5.92 Å². The molecule has 1 aromatic rings. The van der Waals surface area contributed by atoms with Crippen LogP contribution in [0, 0.1) is 5.92 Å². The summed E-state index contributed by atoms with van der Waals surface area (Å²) in [6.45, 7) is 3.41. The van der Waals surface area contributed by atoms with Gasteiger partial charge in [0.2, 0.25) is 0 Å². The van der Waals surface area contributed by atoms with Crippen molar-refractivity contribution in [1.82, 2.24) is 5.32 Å². The van der Waals surface area contributed by atoms with E-state index in [1.54, 1.807) is 0 Å². The summed E-state index contributed by atoms with van der Waals surface area (Å²) in [5, 5.41) is 12.5. The van der Waals surface area contributed by atoms with Gasteiger partial charge in [0.1, 0.15) is 0 Å². The molecule has 2 rings (SSSR count). The van der Waals surface area contributed by atoms with E-state index in [9.17, 15) is 0 Å². The van der Waals surface area contributed by atoms with Crippen molar-refractivity contribution in [3.63, 3.8) is 0 Å². The summed E-state index contributed by atoms with van der Waals surface area (Å²) in [5.74, 6) is 0.526. The zero-order valence-corrected chi connectivity index (χ0v) is 10.4. The van der Waals surface area contributed by atoms with Crippen molar-refractivity contribution in [2.75, 3.05) is 18.9 Å². The number of nitrogen functional groups attached to an aromatic ring is 1. The van der Waals surface area contributed by atoms with Gasteiger partial charge in [0.05, 0.1) is 0 Å². The van der Waals surface area contributed by atoms with Gasteiger partial charge in [-0.2, -0.15) is 0 Å². The number of aryl methyl sites for hydroxylation is 1. The fourth-order valence-electron chi connectivity index (χ4n) is 2.52. The molecule has 0 fully saturated rings. The summed E-state index contributed by atoms with van der Waals surface area (Å²) >= 11 is 0. The number of hydrogen-bond acceptors (Lipinski definition) is 3. The van der Waals surface area contributed by atoms with Crippen LogP contribution in [0.15, 0.2) is 18.2 Å². The molecule has 0 saturated heterocycles. The first kappa shape index (κ1) is 12.4. The first-order valence-corrected chi connectivity index (χ1v) is 6.43. The highest BCUT2D eigenvalue weighted by Crippen LogP contribution is 2.32. The first-order chi connectivity index (χ1) is 8.20. The second kappa shape index (κ2) is 5.52. The molecule has 0 spiro atoms. The molecule has 0 heterocycles. The molecule has 0 aliphatic heterocycles. The molecule has 0 bridgehead atoms. The summed E-state index contributed by atoms with van der Waals surface area (Å²) in [6.07, 6.45) is 3.14. The highest BCUT2D eigenvalue weighted by Gasteiger charge is 2.22. The SMILES string of the molecule is CC(CCO)CNC1CCc2cc(N)ccc21. The molecule has 0 radical (unpaired) electrons. The largest absolute Gasteiger partial charge is 0.399 e. The quantitative estimate of drug-likeness (QED) is 0.682. The van der Waals surface area contributed by atoms with Crippen LogP contribution >= 0.6 is 0 Å². The van der Waals surface area contributed by atoms with Gasteiger partial charge in [0.15, 0.2) is 0 Å². The number of nitrogens with two attached hydrogens (primary N) is 1. The Morgan fingerprint density at radius 3 is 3.12 bits per heavy atom. The number of hydrogen-bond donors (Lipinski definition) is 3. The van der Waals surface area contributed by atoms with Gasteiger partial charge in [0, 0.05) is 18.3 Å². The van der Waals surface area contributed by atoms with Crippen LogP contribution in [0.5, 0.6) is 0 Å². The van der Waals surface area contributed by atoms with Crippen LogP contribution in [0.3, 0.4) is 0 Å². The highest BCUT2D eigenvalue weighted by atomic mass is 16.3. The van der Waals surface area contributed by atoms with Crippen molar-refractivity contribution in [3.05, 3.63) is 29.3 Å². The van der Waals surface area contributed by atoms with Crippen LogP contribution in [0.2, 0.25) is 0 Å². The number of fused-ring (bicyclic) bond motifs is 1. The lowest BCUT2D eigenvalue weighted by atomic mass is 10.1. The minimum atomic E-state index is 0.278. The van der Waals surface area contributed by atoms with Gasteiger partial charge in [0.25, 0.3) is 0 Å². The molecule has 3 nitrogen and oxygen atoms in total. The van der Waals surface area contributed by atoms with Gasteiger partial charge in [-0.05, 0) is 55.0 Å². The summed E-state index contributed by atoms with van der Waals surface area (Å²) in [4.78, 5) is 0. The average Bonchev–Trinajstić information content (AvgIpc) is 2.69. The lowest BCUT2D eigenvalue weighted by Crippen LogP contribution is -2.25. The molecular weight excluding hydrogens is 212 g/mol. The molecule has 17 heavy (non-hydrogen) atoms. The number of aliphatic hydroxyl groups excluding tert-OH is 1. The standard InChI is InChI=1S/C14H22N2O/c1-10(6-7-17)9-16-14-5-2-11-8-12(15)3-4-13(11)14/h3-4,8,10,14,16-17H,2,5-7,9,15H2,1H3. The Bertz CT molecular complexity index is 378. The zero-order chi connectivity index (χ0) is 12.3. The number of nitrogens with one attached hydrogen (secondary N) is 1.